The number of rotatable bonds is 9. The van der Waals surface area contributed by atoms with Gasteiger partial charge in [-0.25, -0.2) is 13.6 Å². The number of amides is 1. The van der Waals surface area contributed by atoms with Gasteiger partial charge < -0.3 is 14.7 Å². The van der Waals surface area contributed by atoms with Gasteiger partial charge in [0.2, 0.25) is 0 Å². The average molecular weight is 604 g/mol. The summed E-state index contributed by atoms with van der Waals surface area (Å²) in [4.78, 5) is 34.0. The van der Waals surface area contributed by atoms with Crippen molar-refractivity contribution < 1.29 is 28.2 Å². The van der Waals surface area contributed by atoms with E-state index in [1.54, 1.807) is 12.1 Å². The summed E-state index contributed by atoms with van der Waals surface area (Å²) in [5, 5.41) is 9.65. The molecular weight excluding hydrogens is 564 g/mol. The maximum absolute atomic E-state index is 16.4. The van der Waals surface area contributed by atoms with E-state index < -0.39 is 11.8 Å². The zero-order valence-corrected chi connectivity index (χ0v) is 25.5. The summed E-state index contributed by atoms with van der Waals surface area (Å²) >= 11 is 0. The van der Waals surface area contributed by atoms with E-state index in [0.29, 0.717) is 54.0 Å². The van der Waals surface area contributed by atoms with Crippen molar-refractivity contribution in [2.45, 2.75) is 83.9 Å². The third-order valence-electron chi connectivity index (χ3n) is 9.05. The van der Waals surface area contributed by atoms with Gasteiger partial charge in [-0.1, -0.05) is 19.1 Å². The van der Waals surface area contributed by atoms with E-state index in [0.717, 1.165) is 49.9 Å². The normalized spacial score (nSPS) is 17.7. The minimum Gasteiger partial charge on any atom is -0.488 e. The highest BCUT2D eigenvalue weighted by Crippen LogP contribution is 2.48. The fourth-order valence-electron chi connectivity index (χ4n) is 6.70. The first-order valence-electron chi connectivity index (χ1n) is 15.7. The summed E-state index contributed by atoms with van der Waals surface area (Å²) in [6.07, 6.45) is 4.40. The van der Waals surface area contributed by atoms with Crippen LogP contribution in [-0.4, -0.2) is 63.5 Å². The Labute approximate surface area is 256 Å². The fraction of sp³-hybridized carbons (Fsp3) is 0.457. The SMILES string of the molecule is CCc1nc2c(cc1C(=O)O)C(=O)N(C1CCN(Cc3cc(C4CC4)c(-c4ccc(F)cc4)c(F)c3OC(C)C)CC1)CC2. The van der Waals surface area contributed by atoms with Crippen LogP contribution in [-0.2, 0) is 19.4 Å². The van der Waals surface area contributed by atoms with Gasteiger partial charge in [-0.2, -0.15) is 0 Å². The van der Waals surface area contributed by atoms with Crippen molar-refractivity contribution in [2.75, 3.05) is 19.6 Å². The van der Waals surface area contributed by atoms with Crippen LogP contribution in [0, 0.1) is 11.6 Å². The molecule has 2 aliphatic heterocycles. The highest BCUT2D eigenvalue weighted by Gasteiger charge is 2.35. The van der Waals surface area contributed by atoms with Gasteiger partial charge in [0.05, 0.1) is 28.6 Å². The molecule has 3 aliphatic rings. The number of aromatic carboxylic acids is 1. The van der Waals surface area contributed by atoms with Crippen molar-refractivity contribution in [1.29, 1.82) is 0 Å². The lowest BCUT2D eigenvalue weighted by Crippen LogP contribution is -2.50. The zero-order chi connectivity index (χ0) is 31.1. The van der Waals surface area contributed by atoms with Crippen LogP contribution < -0.4 is 4.74 Å². The Bertz CT molecular complexity index is 1580. The second-order valence-electron chi connectivity index (χ2n) is 12.5. The van der Waals surface area contributed by atoms with E-state index in [9.17, 15) is 19.1 Å². The molecule has 3 aromatic rings. The van der Waals surface area contributed by atoms with Crippen LogP contribution in [0.2, 0.25) is 0 Å². The van der Waals surface area contributed by atoms with E-state index in [4.69, 9.17) is 4.74 Å². The van der Waals surface area contributed by atoms with Gasteiger partial charge in [-0.15, -0.1) is 0 Å². The number of carboxylic acids is 1. The van der Waals surface area contributed by atoms with Gasteiger partial charge in [0.1, 0.15) is 5.82 Å². The van der Waals surface area contributed by atoms with Crippen LogP contribution in [0.4, 0.5) is 8.78 Å². The summed E-state index contributed by atoms with van der Waals surface area (Å²) in [5.41, 5.74) is 4.60. The van der Waals surface area contributed by atoms with Crippen LogP contribution in [0.5, 0.6) is 5.75 Å². The smallest absolute Gasteiger partial charge is 0.337 e. The summed E-state index contributed by atoms with van der Waals surface area (Å²) in [5.74, 6) is -1.44. The molecule has 0 bridgehead atoms. The van der Waals surface area contributed by atoms with Crippen LogP contribution in [0.25, 0.3) is 11.1 Å². The monoisotopic (exact) mass is 603 g/mol. The number of fused-ring (bicyclic) bond motifs is 1. The Morgan fingerprint density at radius 2 is 1.77 bits per heavy atom. The summed E-state index contributed by atoms with van der Waals surface area (Å²) < 4.78 is 36.1. The molecule has 0 radical (unpaired) electrons. The quantitative estimate of drug-likeness (QED) is 0.296. The number of aryl methyl sites for hydroxylation is 1. The number of pyridine rings is 1. The van der Waals surface area contributed by atoms with Crippen molar-refractivity contribution in [3.63, 3.8) is 0 Å². The number of carbonyl (C=O) groups excluding carboxylic acids is 1. The highest BCUT2D eigenvalue weighted by molar-refractivity contribution is 5.99. The van der Waals surface area contributed by atoms with Crippen molar-refractivity contribution in [2.24, 2.45) is 0 Å². The Morgan fingerprint density at radius 3 is 2.39 bits per heavy atom. The average Bonchev–Trinajstić information content (AvgIpc) is 3.85. The molecule has 9 heteroatoms. The van der Waals surface area contributed by atoms with E-state index in [1.807, 2.05) is 25.7 Å². The molecule has 0 atom stereocenters. The van der Waals surface area contributed by atoms with Gasteiger partial charge in [0.25, 0.3) is 5.91 Å². The molecule has 2 fully saturated rings. The maximum Gasteiger partial charge on any atom is 0.337 e. The second kappa shape index (κ2) is 12.3. The molecule has 1 amide bonds. The van der Waals surface area contributed by atoms with Crippen LogP contribution in [0.3, 0.4) is 0 Å². The Hall–Kier alpha value is -3.85. The number of benzene rings is 2. The second-order valence-corrected chi connectivity index (χ2v) is 12.5. The summed E-state index contributed by atoms with van der Waals surface area (Å²) in [6, 6.07) is 9.62. The molecule has 0 unspecified atom stereocenters. The third-order valence-corrected chi connectivity index (χ3v) is 9.05. The van der Waals surface area contributed by atoms with E-state index in [-0.39, 0.29) is 41.1 Å². The minimum atomic E-state index is -1.07. The molecule has 232 valence electrons. The van der Waals surface area contributed by atoms with Crippen LogP contribution in [0.15, 0.2) is 36.4 Å². The number of piperidine rings is 1. The van der Waals surface area contributed by atoms with E-state index >= 15 is 4.39 Å². The molecule has 7 nitrogen and oxygen atoms in total. The van der Waals surface area contributed by atoms with Crippen LogP contribution >= 0.6 is 0 Å². The molecule has 1 saturated heterocycles. The maximum atomic E-state index is 16.4. The van der Waals surface area contributed by atoms with E-state index in [1.165, 1.54) is 18.2 Å². The molecule has 6 rings (SSSR count). The number of ether oxygens (including phenoxy) is 1. The van der Waals surface area contributed by atoms with Crippen molar-refractivity contribution in [3.05, 3.63) is 81.7 Å². The first-order valence-corrected chi connectivity index (χ1v) is 15.7. The molecule has 0 spiro atoms. The van der Waals surface area contributed by atoms with Gasteiger partial charge in [-0.05, 0) is 87.3 Å². The fourth-order valence-corrected chi connectivity index (χ4v) is 6.70. The van der Waals surface area contributed by atoms with Gasteiger partial charge in [-0.3, -0.25) is 14.7 Å². The van der Waals surface area contributed by atoms with Crippen molar-refractivity contribution in [3.8, 4) is 16.9 Å². The summed E-state index contributed by atoms with van der Waals surface area (Å²) in [7, 11) is 0. The van der Waals surface area contributed by atoms with Gasteiger partial charge in [0, 0.05) is 49.8 Å². The molecule has 2 aromatic carbocycles. The lowest BCUT2D eigenvalue weighted by molar-refractivity contribution is 0.0542. The lowest BCUT2D eigenvalue weighted by atomic mass is 9.92. The largest absolute Gasteiger partial charge is 0.488 e. The first-order chi connectivity index (χ1) is 21.1. The third kappa shape index (κ3) is 5.94. The lowest BCUT2D eigenvalue weighted by Gasteiger charge is -2.40. The summed E-state index contributed by atoms with van der Waals surface area (Å²) in [6.45, 7) is 8.18. The molecule has 3 heterocycles. The highest BCUT2D eigenvalue weighted by atomic mass is 19.1. The minimum absolute atomic E-state index is 0.0389. The Balaban J connectivity index is 1.21. The van der Waals surface area contributed by atoms with Crippen molar-refractivity contribution >= 4 is 11.9 Å². The Kier molecular flexibility index (Phi) is 8.42. The molecular formula is C35H39F2N3O4. The standard InChI is InChI=1S/C35H39F2N3O4/c1-4-29-28(35(42)43)18-27-30(38-29)13-16-40(34(27)41)25-11-14-39(15-12-25)19-23-17-26(21-5-6-21)31(22-7-9-24(36)10-8-22)32(37)33(23)44-20(2)3/h7-10,17-18,20-21,25H,4-6,11-16,19H2,1-3H3,(H,42,43). The molecule has 1 aliphatic carbocycles. The van der Waals surface area contributed by atoms with Crippen molar-refractivity contribution in [1.82, 2.24) is 14.8 Å². The predicted molar refractivity (Wildman–Crippen MR) is 163 cm³/mol. The predicted octanol–water partition coefficient (Wildman–Crippen LogP) is 6.61. The topological polar surface area (TPSA) is 83.0 Å². The van der Waals surface area contributed by atoms with Gasteiger partial charge in [0.15, 0.2) is 11.6 Å². The van der Waals surface area contributed by atoms with Crippen LogP contribution in [0.1, 0.15) is 95.6 Å². The number of carbonyl (C=O) groups is 2. The number of halogens is 2. The number of aromatic nitrogens is 1. The Morgan fingerprint density at radius 1 is 1.07 bits per heavy atom. The molecule has 1 N–H and O–H groups in total. The molecule has 1 aromatic heterocycles. The number of hydrogen-bond donors (Lipinski definition) is 1. The molecule has 44 heavy (non-hydrogen) atoms. The number of carboxylic acid groups (broad SMARTS) is 1. The van der Waals surface area contributed by atoms with E-state index in [2.05, 4.69) is 16.0 Å². The zero-order valence-electron chi connectivity index (χ0n) is 25.5. The first kappa shape index (κ1) is 30.2. The number of hydrogen-bond acceptors (Lipinski definition) is 5. The molecule has 1 saturated carbocycles. The van der Waals surface area contributed by atoms with Gasteiger partial charge >= 0.3 is 5.97 Å². The number of likely N-dealkylation sites (tertiary alicyclic amines) is 1. The number of nitrogens with zero attached hydrogens (tertiary/aromatic N) is 3.